The van der Waals surface area contributed by atoms with Gasteiger partial charge in [0.1, 0.15) is 0 Å². The molecule has 0 aliphatic rings. The summed E-state index contributed by atoms with van der Waals surface area (Å²) >= 11 is 5.98. The van der Waals surface area contributed by atoms with Gasteiger partial charge in [0.05, 0.1) is 23.5 Å². The first-order valence-electron chi connectivity index (χ1n) is 6.23. The third-order valence-electron chi connectivity index (χ3n) is 3.31. The largest absolute Gasteiger partial charge is 0.397 e. The normalized spacial score (nSPS) is 11.9. The Labute approximate surface area is 123 Å². The number of amides is 1. The van der Waals surface area contributed by atoms with Gasteiger partial charge in [-0.15, -0.1) is 0 Å². The predicted molar refractivity (Wildman–Crippen MR) is 80.6 cm³/mol. The number of rotatable bonds is 3. The maximum absolute atomic E-state index is 12.5. The zero-order valence-corrected chi connectivity index (χ0v) is 12.1. The zero-order chi connectivity index (χ0) is 14.7. The standard InChI is InChI=1S/C15H16ClN3O/c1-10(11-4-3-5-12(16)8-11)19(2)15(20)13-6-7-18-9-14(13)17/h3-10H,17H2,1-2H3. The van der Waals surface area contributed by atoms with Crippen molar-refractivity contribution >= 4 is 23.2 Å². The van der Waals surface area contributed by atoms with E-state index >= 15 is 0 Å². The van der Waals surface area contributed by atoms with Crippen molar-refractivity contribution in [3.63, 3.8) is 0 Å². The fraction of sp³-hybridized carbons (Fsp3) is 0.200. The Kier molecular flexibility index (Phi) is 4.25. The molecular formula is C15H16ClN3O. The first-order valence-corrected chi connectivity index (χ1v) is 6.60. The minimum Gasteiger partial charge on any atom is -0.397 e. The van der Waals surface area contributed by atoms with Crippen LogP contribution >= 0.6 is 11.6 Å². The van der Waals surface area contributed by atoms with Gasteiger partial charge in [-0.2, -0.15) is 0 Å². The van der Waals surface area contributed by atoms with E-state index in [9.17, 15) is 4.79 Å². The monoisotopic (exact) mass is 289 g/mol. The lowest BCUT2D eigenvalue weighted by Crippen LogP contribution is -2.30. The van der Waals surface area contributed by atoms with E-state index in [4.69, 9.17) is 17.3 Å². The number of carbonyl (C=O) groups is 1. The van der Waals surface area contributed by atoms with Gasteiger partial charge in [0, 0.05) is 18.3 Å². The predicted octanol–water partition coefficient (Wildman–Crippen LogP) is 3.15. The van der Waals surface area contributed by atoms with E-state index in [1.165, 1.54) is 6.20 Å². The van der Waals surface area contributed by atoms with Crippen molar-refractivity contribution in [2.45, 2.75) is 13.0 Å². The van der Waals surface area contributed by atoms with E-state index in [0.717, 1.165) is 5.56 Å². The van der Waals surface area contributed by atoms with Gasteiger partial charge in [0.15, 0.2) is 0 Å². The fourth-order valence-electron chi connectivity index (χ4n) is 1.96. The van der Waals surface area contributed by atoms with Crippen LogP contribution in [0.4, 0.5) is 5.69 Å². The number of halogens is 1. The molecule has 104 valence electrons. The molecule has 1 atom stereocenters. The second kappa shape index (κ2) is 5.92. The molecule has 1 unspecified atom stereocenters. The lowest BCUT2D eigenvalue weighted by molar-refractivity contribution is 0.0743. The molecule has 2 N–H and O–H groups in total. The molecule has 0 bridgehead atoms. The Bertz CT molecular complexity index is 630. The molecule has 2 rings (SSSR count). The lowest BCUT2D eigenvalue weighted by atomic mass is 10.1. The van der Waals surface area contributed by atoms with Crippen molar-refractivity contribution in [2.75, 3.05) is 12.8 Å². The molecule has 1 amide bonds. The minimum atomic E-state index is -0.141. The Morgan fingerprint density at radius 2 is 2.15 bits per heavy atom. The quantitative estimate of drug-likeness (QED) is 0.944. The molecule has 20 heavy (non-hydrogen) atoms. The fourth-order valence-corrected chi connectivity index (χ4v) is 2.16. The molecule has 0 aliphatic carbocycles. The van der Waals surface area contributed by atoms with Crippen LogP contribution in [-0.2, 0) is 0 Å². The van der Waals surface area contributed by atoms with Crippen LogP contribution in [0.15, 0.2) is 42.7 Å². The minimum absolute atomic E-state index is 0.103. The maximum Gasteiger partial charge on any atom is 0.256 e. The summed E-state index contributed by atoms with van der Waals surface area (Å²) < 4.78 is 0. The third-order valence-corrected chi connectivity index (χ3v) is 3.55. The highest BCUT2D eigenvalue weighted by Gasteiger charge is 2.20. The van der Waals surface area contributed by atoms with Crippen LogP contribution in [0.5, 0.6) is 0 Å². The molecule has 1 aromatic heterocycles. The highest BCUT2D eigenvalue weighted by atomic mass is 35.5. The van der Waals surface area contributed by atoms with Crippen molar-refractivity contribution in [3.05, 3.63) is 58.9 Å². The summed E-state index contributed by atoms with van der Waals surface area (Å²) in [5, 5.41) is 0.652. The number of carbonyl (C=O) groups excluding carboxylic acids is 1. The molecule has 0 spiro atoms. The molecule has 0 fully saturated rings. The number of nitrogens with zero attached hydrogens (tertiary/aromatic N) is 2. The number of nitrogen functional groups attached to an aromatic ring is 1. The summed E-state index contributed by atoms with van der Waals surface area (Å²) in [7, 11) is 1.74. The molecule has 0 saturated heterocycles. The molecule has 1 aromatic carbocycles. The first-order chi connectivity index (χ1) is 9.50. The number of anilines is 1. The number of hydrogen-bond donors (Lipinski definition) is 1. The van der Waals surface area contributed by atoms with E-state index in [2.05, 4.69) is 4.98 Å². The highest BCUT2D eigenvalue weighted by molar-refractivity contribution is 6.30. The average Bonchev–Trinajstić information content (AvgIpc) is 2.45. The summed E-state index contributed by atoms with van der Waals surface area (Å²) in [5.74, 6) is -0.141. The van der Waals surface area contributed by atoms with E-state index in [0.29, 0.717) is 16.3 Å². The summed E-state index contributed by atoms with van der Waals surface area (Å²) in [6.07, 6.45) is 3.03. The van der Waals surface area contributed by atoms with Crippen LogP contribution in [0.2, 0.25) is 5.02 Å². The Morgan fingerprint density at radius 1 is 1.40 bits per heavy atom. The second-order valence-electron chi connectivity index (χ2n) is 4.61. The molecular weight excluding hydrogens is 274 g/mol. The summed E-state index contributed by atoms with van der Waals surface area (Å²) in [6, 6.07) is 8.99. The Morgan fingerprint density at radius 3 is 2.80 bits per heavy atom. The van der Waals surface area contributed by atoms with Crippen LogP contribution in [-0.4, -0.2) is 22.8 Å². The number of benzene rings is 1. The SMILES string of the molecule is CC(c1cccc(Cl)c1)N(C)C(=O)c1ccncc1N. The average molecular weight is 290 g/mol. The Balaban J connectivity index is 2.25. The highest BCUT2D eigenvalue weighted by Crippen LogP contribution is 2.24. The summed E-state index contributed by atoms with van der Waals surface area (Å²) in [6.45, 7) is 1.95. The van der Waals surface area contributed by atoms with Crippen molar-refractivity contribution in [1.29, 1.82) is 0 Å². The number of nitrogens with two attached hydrogens (primary N) is 1. The zero-order valence-electron chi connectivity index (χ0n) is 11.4. The van der Waals surface area contributed by atoms with Gasteiger partial charge in [0.25, 0.3) is 5.91 Å². The molecule has 0 radical (unpaired) electrons. The van der Waals surface area contributed by atoms with Gasteiger partial charge in [0.2, 0.25) is 0 Å². The number of aromatic nitrogens is 1. The van der Waals surface area contributed by atoms with Crippen LogP contribution in [0.25, 0.3) is 0 Å². The van der Waals surface area contributed by atoms with Crippen molar-refractivity contribution < 1.29 is 4.79 Å². The molecule has 4 nitrogen and oxygen atoms in total. The second-order valence-corrected chi connectivity index (χ2v) is 5.05. The van der Waals surface area contributed by atoms with E-state index in [1.54, 1.807) is 30.3 Å². The molecule has 2 aromatic rings. The van der Waals surface area contributed by atoms with E-state index < -0.39 is 0 Å². The molecule has 0 saturated carbocycles. The van der Waals surface area contributed by atoms with Gasteiger partial charge < -0.3 is 10.6 Å². The number of hydrogen-bond acceptors (Lipinski definition) is 3. The van der Waals surface area contributed by atoms with Gasteiger partial charge in [-0.25, -0.2) is 0 Å². The number of pyridine rings is 1. The van der Waals surface area contributed by atoms with Gasteiger partial charge in [-0.05, 0) is 30.7 Å². The van der Waals surface area contributed by atoms with Gasteiger partial charge in [-0.1, -0.05) is 23.7 Å². The van der Waals surface area contributed by atoms with E-state index in [1.807, 2.05) is 25.1 Å². The van der Waals surface area contributed by atoms with Crippen molar-refractivity contribution in [2.24, 2.45) is 0 Å². The molecule has 5 heteroatoms. The topological polar surface area (TPSA) is 59.2 Å². The lowest BCUT2D eigenvalue weighted by Gasteiger charge is -2.26. The van der Waals surface area contributed by atoms with Crippen LogP contribution in [0.1, 0.15) is 28.9 Å². The van der Waals surface area contributed by atoms with Crippen LogP contribution in [0.3, 0.4) is 0 Å². The van der Waals surface area contributed by atoms with Gasteiger partial charge in [-0.3, -0.25) is 9.78 Å². The molecule has 0 aliphatic heterocycles. The first kappa shape index (κ1) is 14.3. The van der Waals surface area contributed by atoms with Crippen molar-refractivity contribution in [1.82, 2.24) is 9.88 Å². The van der Waals surface area contributed by atoms with Crippen LogP contribution in [0, 0.1) is 0 Å². The smallest absolute Gasteiger partial charge is 0.256 e. The maximum atomic E-state index is 12.5. The summed E-state index contributed by atoms with van der Waals surface area (Å²) in [4.78, 5) is 18.0. The third kappa shape index (κ3) is 2.91. The van der Waals surface area contributed by atoms with E-state index in [-0.39, 0.29) is 11.9 Å². The van der Waals surface area contributed by atoms with Crippen molar-refractivity contribution in [3.8, 4) is 0 Å². The summed E-state index contributed by atoms with van der Waals surface area (Å²) in [5.41, 5.74) is 7.60. The Hall–Kier alpha value is -2.07. The van der Waals surface area contributed by atoms with Gasteiger partial charge >= 0.3 is 0 Å². The molecule has 1 heterocycles. The van der Waals surface area contributed by atoms with Crippen LogP contribution < -0.4 is 5.73 Å².